The van der Waals surface area contributed by atoms with Crippen LogP contribution in [0.25, 0.3) is 0 Å². The predicted octanol–water partition coefficient (Wildman–Crippen LogP) is 3.69. The number of nitrogens with zero attached hydrogens (tertiary/aromatic N) is 1. The Hall–Kier alpha value is -3.15. The van der Waals surface area contributed by atoms with Crippen LogP contribution in [0.5, 0.6) is 5.75 Å². The van der Waals surface area contributed by atoms with E-state index in [9.17, 15) is 14.4 Å². The first-order valence-corrected chi connectivity index (χ1v) is 9.21. The minimum atomic E-state index is -0.550. The lowest BCUT2D eigenvalue weighted by molar-refractivity contribution is 0.0472. The highest BCUT2D eigenvalue weighted by molar-refractivity contribution is 6.21. The van der Waals surface area contributed by atoms with Crippen LogP contribution in [0.15, 0.2) is 42.5 Å². The van der Waals surface area contributed by atoms with Crippen molar-refractivity contribution in [3.63, 3.8) is 0 Å². The average Bonchev–Trinajstić information content (AvgIpc) is 2.94. The molecule has 2 aromatic carbocycles. The fourth-order valence-electron chi connectivity index (χ4n) is 3.00. The molecule has 3 rings (SSSR count). The largest absolute Gasteiger partial charge is 0.497 e. The number of rotatable bonds is 7. The van der Waals surface area contributed by atoms with E-state index in [1.807, 2.05) is 26.0 Å². The van der Waals surface area contributed by atoms with Gasteiger partial charge in [0.05, 0.1) is 23.8 Å². The second-order valence-electron chi connectivity index (χ2n) is 7.13. The summed E-state index contributed by atoms with van der Waals surface area (Å²) in [6, 6.07) is 11.7. The molecule has 146 valence electrons. The number of imide groups is 1. The summed E-state index contributed by atoms with van der Waals surface area (Å²) in [5.41, 5.74) is 1.62. The Morgan fingerprint density at radius 2 is 1.79 bits per heavy atom. The summed E-state index contributed by atoms with van der Waals surface area (Å²) < 4.78 is 10.5. The van der Waals surface area contributed by atoms with Gasteiger partial charge in [-0.15, -0.1) is 0 Å². The van der Waals surface area contributed by atoms with Crippen molar-refractivity contribution in [3.8, 4) is 5.75 Å². The third-order valence-electron chi connectivity index (χ3n) is 4.64. The van der Waals surface area contributed by atoms with Gasteiger partial charge in [-0.3, -0.25) is 14.5 Å². The van der Waals surface area contributed by atoms with Crippen LogP contribution in [0, 0.1) is 5.92 Å². The first kappa shape index (κ1) is 19.6. The zero-order chi connectivity index (χ0) is 20.3. The van der Waals surface area contributed by atoms with E-state index in [-0.39, 0.29) is 29.5 Å². The number of benzene rings is 2. The lowest BCUT2D eigenvalue weighted by Crippen LogP contribution is -2.31. The number of ether oxygens (including phenoxy) is 2. The third-order valence-corrected chi connectivity index (χ3v) is 4.64. The molecule has 0 saturated carbocycles. The van der Waals surface area contributed by atoms with Gasteiger partial charge in [0.2, 0.25) is 0 Å². The monoisotopic (exact) mass is 381 g/mol. The number of hydrogen-bond donors (Lipinski definition) is 0. The quantitative estimate of drug-likeness (QED) is 0.540. The molecule has 0 bridgehead atoms. The molecule has 0 atom stereocenters. The van der Waals surface area contributed by atoms with Gasteiger partial charge in [-0.2, -0.15) is 0 Å². The van der Waals surface area contributed by atoms with Gasteiger partial charge in [0, 0.05) is 6.54 Å². The van der Waals surface area contributed by atoms with E-state index in [0.29, 0.717) is 23.8 Å². The Morgan fingerprint density at radius 1 is 1.04 bits per heavy atom. The van der Waals surface area contributed by atoms with Gasteiger partial charge in [0.25, 0.3) is 11.8 Å². The summed E-state index contributed by atoms with van der Waals surface area (Å²) in [5, 5.41) is 0. The highest BCUT2D eigenvalue weighted by atomic mass is 16.5. The van der Waals surface area contributed by atoms with Crippen molar-refractivity contribution in [2.45, 2.75) is 26.9 Å². The topological polar surface area (TPSA) is 72.9 Å². The second kappa shape index (κ2) is 8.25. The molecular weight excluding hydrogens is 358 g/mol. The molecule has 0 fully saturated rings. The Balaban J connectivity index is 1.71. The Kier molecular flexibility index (Phi) is 5.78. The lowest BCUT2D eigenvalue weighted by atomic mass is 10.1. The van der Waals surface area contributed by atoms with E-state index in [1.54, 1.807) is 19.2 Å². The highest BCUT2D eigenvalue weighted by Crippen LogP contribution is 2.25. The maximum Gasteiger partial charge on any atom is 0.338 e. The summed E-state index contributed by atoms with van der Waals surface area (Å²) >= 11 is 0. The molecule has 0 spiro atoms. The van der Waals surface area contributed by atoms with Crippen molar-refractivity contribution < 1.29 is 23.9 Å². The molecule has 0 radical (unpaired) electrons. The summed E-state index contributed by atoms with van der Waals surface area (Å²) in [4.78, 5) is 38.7. The lowest BCUT2D eigenvalue weighted by Gasteiger charge is -2.14. The number of amides is 2. The van der Waals surface area contributed by atoms with E-state index in [4.69, 9.17) is 9.47 Å². The standard InChI is InChI=1S/C22H23NO5/c1-14(2)9-10-23-20(24)18-8-7-16(12-19(18)21(23)25)22(26)28-13-15-5-4-6-17(11-15)27-3/h4-8,11-12,14H,9-10,13H2,1-3H3. The molecule has 0 saturated heterocycles. The zero-order valence-electron chi connectivity index (χ0n) is 16.2. The van der Waals surface area contributed by atoms with Crippen molar-refractivity contribution >= 4 is 17.8 Å². The first-order chi connectivity index (χ1) is 13.4. The van der Waals surface area contributed by atoms with Crippen molar-refractivity contribution in [3.05, 3.63) is 64.7 Å². The van der Waals surface area contributed by atoms with E-state index in [1.165, 1.54) is 23.1 Å². The fraction of sp³-hybridized carbons (Fsp3) is 0.318. The van der Waals surface area contributed by atoms with E-state index < -0.39 is 5.97 Å². The molecule has 1 aliphatic rings. The predicted molar refractivity (Wildman–Crippen MR) is 103 cm³/mol. The van der Waals surface area contributed by atoms with E-state index >= 15 is 0 Å². The molecule has 6 heteroatoms. The van der Waals surface area contributed by atoms with Crippen LogP contribution in [0.3, 0.4) is 0 Å². The van der Waals surface area contributed by atoms with Crippen molar-refractivity contribution in [2.75, 3.05) is 13.7 Å². The number of methoxy groups -OCH3 is 1. The van der Waals surface area contributed by atoms with Gasteiger partial charge in [0.1, 0.15) is 12.4 Å². The summed E-state index contributed by atoms with van der Waals surface area (Å²) in [6.07, 6.45) is 0.737. The molecule has 1 heterocycles. The Morgan fingerprint density at radius 3 is 2.50 bits per heavy atom. The van der Waals surface area contributed by atoms with Gasteiger partial charge >= 0.3 is 5.97 Å². The molecule has 2 aromatic rings. The number of carbonyl (C=O) groups is 3. The van der Waals surface area contributed by atoms with Crippen LogP contribution in [0.4, 0.5) is 0 Å². The number of hydrogen-bond acceptors (Lipinski definition) is 5. The normalized spacial score (nSPS) is 13.1. The molecule has 2 amide bonds. The first-order valence-electron chi connectivity index (χ1n) is 9.21. The molecular formula is C22H23NO5. The smallest absolute Gasteiger partial charge is 0.338 e. The van der Waals surface area contributed by atoms with Crippen LogP contribution >= 0.6 is 0 Å². The van der Waals surface area contributed by atoms with Crippen LogP contribution in [-0.4, -0.2) is 36.3 Å². The van der Waals surface area contributed by atoms with Crippen molar-refractivity contribution in [1.82, 2.24) is 4.90 Å². The van der Waals surface area contributed by atoms with Gasteiger partial charge in [-0.05, 0) is 48.2 Å². The summed E-state index contributed by atoms with van der Waals surface area (Å²) in [7, 11) is 1.57. The molecule has 0 aliphatic carbocycles. The van der Waals surface area contributed by atoms with Crippen LogP contribution in [0.1, 0.15) is 56.9 Å². The minimum absolute atomic E-state index is 0.0838. The minimum Gasteiger partial charge on any atom is -0.497 e. The van der Waals surface area contributed by atoms with Gasteiger partial charge in [-0.1, -0.05) is 26.0 Å². The number of carbonyl (C=O) groups excluding carboxylic acids is 3. The molecule has 0 N–H and O–H groups in total. The number of esters is 1. The molecule has 28 heavy (non-hydrogen) atoms. The van der Waals surface area contributed by atoms with Crippen LogP contribution in [-0.2, 0) is 11.3 Å². The molecule has 0 aromatic heterocycles. The number of fused-ring (bicyclic) bond motifs is 1. The SMILES string of the molecule is COc1cccc(COC(=O)c2ccc3c(c2)C(=O)N(CCC(C)C)C3=O)c1. The second-order valence-corrected chi connectivity index (χ2v) is 7.13. The van der Waals surface area contributed by atoms with Crippen LogP contribution in [0.2, 0.25) is 0 Å². The molecule has 1 aliphatic heterocycles. The average molecular weight is 381 g/mol. The van der Waals surface area contributed by atoms with Gasteiger partial charge < -0.3 is 9.47 Å². The molecule has 6 nitrogen and oxygen atoms in total. The highest BCUT2D eigenvalue weighted by Gasteiger charge is 2.35. The maximum atomic E-state index is 12.6. The molecule has 0 unspecified atom stereocenters. The zero-order valence-corrected chi connectivity index (χ0v) is 16.2. The van der Waals surface area contributed by atoms with Crippen molar-refractivity contribution in [1.29, 1.82) is 0 Å². The Labute approximate surface area is 164 Å². The summed E-state index contributed by atoms with van der Waals surface area (Å²) in [5.74, 6) is -0.158. The van der Waals surface area contributed by atoms with Gasteiger partial charge in [0.15, 0.2) is 0 Å². The third kappa shape index (κ3) is 4.06. The van der Waals surface area contributed by atoms with Crippen LogP contribution < -0.4 is 4.74 Å². The van der Waals surface area contributed by atoms with E-state index in [0.717, 1.165) is 12.0 Å². The van der Waals surface area contributed by atoms with Crippen molar-refractivity contribution in [2.24, 2.45) is 5.92 Å². The van der Waals surface area contributed by atoms with E-state index in [2.05, 4.69) is 0 Å². The summed E-state index contributed by atoms with van der Waals surface area (Å²) in [6.45, 7) is 4.53. The van der Waals surface area contributed by atoms with Gasteiger partial charge in [-0.25, -0.2) is 4.79 Å². The Bertz CT molecular complexity index is 919. The maximum absolute atomic E-state index is 12.6. The fourth-order valence-corrected chi connectivity index (χ4v) is 3.00.